The summed E-state index contributed by atoms with van der Waals surface area (Å²) in [6, 6.07) is 3.90. The van der Waals surface area contributed by atoms with Crippen LogP contribution in [0.15, 0.2) is 16.6 Å². The summed E-state index contributed by atoms with van der Waals surface area (Å²) in [5, 5.41) is 9.70. The summed E-state index contributed by atoms with van der Waals surface area (Å²) in [5.41, 5.74) is 7.58. The molecule has 0 bridgehead atoms. The van der Waals surface area contributed by atoms with Gasteiger partial charge in [0.15, 0.2) is 0 Å². The number of benzene rings is 1. The van der Waals surface area contributed by atoms with Crippen molar-refractivity contribution in [3.63, 3.8) is 0 Å². The molecule has 0 aliphatic carbocycles. The van der Waals surface area contributed by atoms with E-state index in [0.29, 0.717) is 5.75 Å². The first-order chi connectivity index (χ1) is 6.31. The van der Waals surface area contributed by atoms with Crippen LogP contribution in [0.1, 0.15) is 25.0 Å². The van der Waals surface area contributed by atoms with Crippen LogP contribution in [0.3, 0.4) is 0 Å². The van der Waals surface area contributed by atoms with Gasteiger partial charge in [0.05, 0.1) is 4.47 Å². The molecule has 0 amide bonds. The zero-order valence-corrected chi connectivity index (χ0v) is 10.4. The van der Waals surface area contributed by atoms with E-state index >= 15 is 0 Å². The Kier molecular flexibility index (Phi) is 3.22. The Morgan fingerprint density at radius 3 is 2.50 bits per heavy atom. The summed E-state index contributed by atoms with van der Waals surface area (Å²) >= 11 is 3.38. The van der Waals surface area contributed by atoms with E-state index in [2.05, 4.69) is 15.9 Å². The standard InChI is InChI=1S/C11H16BrNO/c1-7-4-5-8(6-11(2,3)13)9(12)10(7)14/h4-5,14H,6,13H2,1-3H3. The topological polar surface area (TPSA) is 46.2 Å². The lowest BCUT2D eigenvalue weighted by molar-refractivity contribution is 0.463. The number of hydrogen-bond donors (Lipinski definition) is 2. The van der Waals surface area contributed by atoms with Gasteiger partial charge in [0.25, 0.3) is 0 Å². The molecular weight excluding hydrogens is 242 g/mol. The average Bonchev–Trinajstić information content (AvgIpc) is 2.04. The van der Waals surface area contributed by atoms with E-state index in [4.69, 9.17) is 5.73 Å². The summed E-state index contributed by atoms with van der Waals surface area (Å²) in [5.74, 6) is 0.312. The average molecular weight is 258 g/mol. The van der Waals surface area contributed by atoms with Gasteiger partial charge in [0.2, 0.25) is 0 Å². The highest BCUT2D eigenvalue weighted by molar-refractivity contribution is 9.10. The van der Waals surface area contributed by atoms with Gasteiger partial charge in [-0.2, -0.15) is 0 Å². The Bertz CT molecular complexity index is 342. The molecule has 0 unspecified atom stereocenters. The van der Waals surface area contributed by atoms with Gasteiger partial charge in [0, 0.05) is 5.54 Å². The SMILES string of the molecule is Cc1ccc(CC(C)(C)N)c(Br)c1O. The molecule has 0 aliphatic rings. The van der Waals surface area contributed by atoms with Gasteiger partial charge in [-0.05, 0) is 54.2 Å². The van der Waals surface area contributed by atoms with Crippen LogP contribution in [-0.2, 0) is 6.42 Å². The summed E-state index contributed by atoms with van der Waals surface area (Å²) < 4.78 is 0.760. The third kappa shape index (κ3) is 2.72. The van der Waals surface area contributed by atoms with Crippen molar-refractivity contribution in [1.29, 1.82) is 0 Å². The Labute approximate surface area is 93.3 Å². The number of phenolic OH excluding ortho intramolecular Hbond substituents is 1. The molecule has 0 aromatic heterocycles. The van der Waals surface area contributed by atoms with Crippen molar-refractivity contribution in [3.8, 4) is 5.75 Å². The van der Waals surface area contributed by atoms with Gasteiger partial charge >= 0.3 is 0 Å². The highest BCUT2D eigenvalue weighted by Gasteiger charge is 2.15. The monoisotopic (exact) mass is 257 g/mol. The predicted octanol–water partition coefficient (Wildman–Crippen LogP) is 2.74. The molecule has 0 aliphatic heterocycles. The number of nitrogens with two attached hydrogens (primary N) is 1. The quantitative estimate of drug-likeness (QED) is 0.856. The second-order valence-electron chi connectivity index (χ2n) is 4.37. The molecule has 14 heavy (non-hydrogen) atoms. The van der Waals surface area contributed by atoms with E-state index in [0.717, 1.165) is 22.0 Å². The molecule has 0 radical (unpaired) electrons. The van der Waals surface area contributed by atoms with Gasteiger partial charge in [-0.25, -0.2) is 0 Å². The molecule has 3 N–H and O–H groups in total. The highest BCUT2D eigenvalue weighted by atomic mass is 79.9. The van der Waals surface area contributed by atoms with Gasteiger partial charge < -0.3 is 10.8 Å². The largest absolute Gasteiger partial charge is 0.506 e. The molecule has 1 rings (SSSR count). The molecule has 0 saturated heterocycles. The van der Waals surface area contributed by atoms with Crippen molar-refractivity contribution in [3.05, 3.63) is 27.7 Å². The highest BCUT2D eigenvalue weighted by Crippen LogP contribution is 2.32. The minimum absolute atomic E-state index is 0.260. The molecule has 3 heteroatoms. The van der Waals surface area contributed by atoms with E-state index in [-0.39, 0.29) is 5.54 Å². The fourth-order valence-corrected chi connectivity index (χ4v) is 1.92. The first kappa shape index (κ1) is 11.5. The second-order valence-corrected chi connectivity index (χ2v) is 5.16. The lowest BCUT2D eigenvalue weighted by Gasteiger charge is -2.20. The summed E-state index contributed by atoms with van der Waals surface area (Å²) in [7, 11) is 0. The van der Waals surface area contributed by atoms with Gasteiger partial charge in [-0.1, -0.05) is 12.1 Å². The van der Waals surface area contributed by atoms with E-state index < -0.39 is 0 Å². The van der Waals surface area contributed by atoms with E-state index in [1.165, 1.54) is 0 Å². The molecule has 0 saturated carbocycles. The summed E-state index contributed by atoms with van der Waals surface area (Å²) in [4.78, 5) is 0. The molecule has 0 atom stereocenters. The van der Waals surface area contributed by atoms with Crippen LogP contribution in [-0.4, -0.2) is 10.6 Å². The maximum absolute atomic E-state index is 9.70. The lowest BCUT2D eigenvalue weighted by atomic mass is 9.95. The van der Waals surface area contributed by atoms with Crippen LogP contribution >= 0.6 is 15.9 Å². The fourth-order valence-electron chi connectivity index (χ4n) is 1.33. The Hall–Kier alpha value is -0.540. The second kappa shape index (κ2) is 3.91. The number of aryl methyl sites for hydroxylation is 1. The van der Waals surface area contributed by atoms with Gasteiger partial charge in [0.1, 0.15) is 5.75 Å². The van der Waals surface area contributed by atoms with Crippen molar-refractivity contribution in [1.82, 2.24) is 0 Å². The van der Waals surface area contributed by atoms with Gasteiger partial charge in [-0.15, -0.1) is 0 Å². The zero-order valence-electron chi connectivity index (χ0n) is 8.76. The van der Waals surface area contributed by atoms with Crippen LogP contribution in [0.2, 0.25) is 0 Å². The summed E-state index contributed by atoms with van der Waals surface area (Å²) in [6.45, 7) is 5.81. The van der Waals surface area contributed by atoms with Crippen LogP contribution in [0.4, 0.5) is 0 Å². The van der Waals surface area contributed by atoms with Crippen LogP contribution in [0.5, 0.6) is 5.75 Å². The normalized spacial score (nSPS) is 11.8. The van der Waals surface area contributed by atoms with Crippen molar-refractivity contribution in [2.75, 3.05) is 0 Å². The number of halogens is 1. The van der Waals surface area contributed by atoms with Crippen molar-refractivity contribution in [2.45, 2.75) is 32.7 Å². The van der Waals surface area contributed by atoms with E-state index in [1.54, 1.807) is 0 Å². The number of phenols is 1. The molecule has 78 valence electrons. The maximum Gasteiger partial charge on any atom is 0.132 e. The van der Waals surface area contributed by atoms with Crippen LogP contribution in [0, 0.1) is 6.92 Å². The van der Waals surface area contributed by atoms with Crippen molar-refractivity contribution >= 4 is 15.9 Å². The Balaban J connectivity index is 3.06. The minimum Gasteiger partial charge on any atom is -0.506 e. The Morgan fingerprint density at radius 1 is 1.43 bits per heavy atom. The molecule has 0 spiro atoms. The smallest absolute Gasteiger partial charge is 0.132 e. The first-order valence-corrected chi connectivity index (χ1v) is 5.36. The Morgan fingerprint density at radius 2 is 2.00 bits per heavy atom. The third-order valence-electron chi connectivity index (χ3n) is 2.04. The number of hydrogen-bond acceptors (Lipinski definition) is 2. The zero-order chi connectivity index (χ0) is 10.9. The molecule has 0 fully saturated rings. The lowest BCUT2D eigenvalue weighted by Crippen LogP contribution is -2.34. The minimum atomic E-state index is -0.260. The maximum atomic E-state index is 9.70. The van der Waals surface area contributed by atoms with Crippen molar-refractivity contribution in [2.24, 2.45) is 5.73 Å². The molecular formula is C11H16BrNO. The molecule has 1 aromatic rings. The summed E-state index contributed by atoms with van der Waals surface area (Å²) in [6.07, 6.45) is 0.738. The van der Waals surface area contributed by atoms with Crippen molar-refractivity contribution < 1.29 is 5.11 Å². The third-order valence-corrected chi connectivity index (χ3v) is 2.93. The number of aromatic hydroxyl groups is 1. The van der Waals surface area contributed by atoms with Crippen LogP contribution in [0.25, 0.3) is 0 Å². The van der Waals surface area contributed by atoms with E-state index in [1.807, 2.05) is 32.9 Å². The molecule has 1 aromatic carbocycles. The molecule has 0 heterocycles. The predicted molar refractivity (Wildman–Crippen MR) is 62.5 cm³/mol. The number of rotatable bonds is 2. The van der Waals surface area contributed by atoms with E-state index in [9.17, 15) is 5.11 Å². The van der Waals surface area contributed by atoms with Crippen LogP contribution < -0.4 is 5.73 Å². The molecule has 2 nitrogen and oxygen atoms in total. The van der Waals surface area contributed by atoms with Gasteiger partial charge in [-0.3, -0.25) is 0 Å². The fraction of sp³-hybridized carbons (Fsp3) is 0.455. The first-order valence-electron chi connectivity index (χ1n) is 4.57.